The van der Waals surface area contributed by atoms with E-state index in [-0.39, 0.29) is 23.8 Å². The summed E-state index contributed by atoms with van der Waals surface area (Å²) in [6, 6.07) is 11.1. The number of nitrogens with zero attached hydrogens (tertiary/aromatic N) is 2. The Morgan fingerprint density at radius 1 is 1.17 bits per heavy atom. The number of amides is 2. The van der Waals surface area contributed by atoms with Crippen LogP contribution in [-0.2, 0) is 4.79 Å². The first-order valence-electron chi connectivity index (χ1n) is 10.4. The zero-order valence-corrected chi connectivity index (χ0v) is 16.7. The number of hydrogen-bond acceptors (Lipinski definition) is 5. The molecule has 0 radical (unpaired) electrons. The number of piperidine rings is 1. The van der Waals surface area contributed by atoms with Crippen LogP contribution in [0.3, 0.4) is 0 Å². The number of nitrogens with one attached hydrogen (secondary N) is 1. The lowest BCUT2D eigenvalue weighted by atomic mass is 9.85. The minimum absolute atomic E-state index is 0.0149. The van der Waals surface area contributed by atoms with E-state index in [0.717, 1.165) is 37.0 Å². The third-order valence-electron chi connectivity index (χ3n) is 5.90. The molecule has 0 bridgehead atoms. The normalized spacial score (nSPS) is 19.6. The third kappa shape index (κ3) is 4.50. The first kappa shape index (κ1) is 19.6. The standard InChI is InChI=1S/C22H28N4O3/c1-14(23)22(28)26-11-9-17(10-12-26)20(16-5-3-2-4-6-16)24-21(27)18-13-19(29-25-18)15-7-8-15/h2-6,13-15,17,20H,7-12,23H2,1H3,(H,24,27)/t14?,20-/m0/s1. The maximum absolute atomic E-state index is 12.9. The molecule has 1 aromatic heterocycles. The van der Waals surface area contributed by atoms with Crippen molar-refractivity contribution in [1.82, 2.24) is 15.4 Å². The van der Waals surface area contributed by atoms with Crippen LogP contribution >= 0.6 is 0 Å². The third-order valence-corrected chi connectivity index (χ3v) is 5.90. The summed E-state index contributed by atoms with van der Waals surface area (Å²) in [6.45, 7) is 3.02. The Labute approximate surface area is 170 Å². The number of benzene rings is 1. The van der Waals surface area contributed by atoms with E-state index in [0.29, 0.717) is 24.7 Å². The van der Waals surface area contributed by atoms with Gasteiger partial charge in [-0.15, -0.1) is 0 Å². The predicted molar refractivity (Wildman–Crippen MR) is 108 cm³/mol. The van der Waals surface area contributed by atoms with Crippen molar-refractivity contribution in [3.63, 3.8) is 0 Å². The quantitative estimate of drug-likeness (QED) is 0.782. The molecule has 1 aromatic carbocycles. The lowest BCUT2D eigenvalue weighted by Gasteiger charge is -2.37. The van der Waals surface area contributed by atoms with Crippen LogP contribution in [0.15, 0.2) is 40.9 Å². The topological polar surface area (TPSA) is 101 Å². The Morgan fingerprint density at radius 2 is 1.86 bits per heavy atom. The van der Waals surface area contributed by atoms with Gasteiger partial charge in [0.1, 0.15) is 5.76 Å². The van der Waals surface area contributed by atoms with E-state index in [9.17, 15) is 9.59 Å². The Kier molecular flexibility index (Phi) is 5.67. The van der Waals surface area contributed by atoms with E-state index in [1.807, 2.05) is 35.2 Å². The SMILES string of the molecule is CC(N)C(=O)N1CCC([C@@H](NC(=O)c2cc(C3CC3)on2)c2ccccc2)CC1. The van der Waals surface area contributed by atoms with Gasteiger partial charge in [0, 0.05) is 25.1 Å². The van der Waals surface area contributed by atoms with Crippen LogP contribution in [0.1, 0.15) is 66.4 Å². The summed E-state index contributed by atoms with van der Waals surface area (Å²) in [5.41, 5.74) is 7.14. The molecule has 2 aliphatic rings. The van der Waals surface area contributed by atoms with Crippen molar-refractivity contribution >= 4 is 11.8 Å². The number of nitrogens with two attached hydrogens (primary N) is 1. The van der Waals surface area contributed by atoms with Crippen molar-refractivity contribution in [2.45, 2.75) is 50.6 Å². The van der Waals surface area contributed by atoms with E-state index in [4.69, 9.17) is 10.3 Å². The number of aromatic nitrogens is 1. The van der Waals surface area contributed by atoms with Gasteiger partial charge in [-0.1, -0.05) is 35.5 Å². The Morgan fingerprint density at radius 3 is 2.48 bits per heavy atom. The van der Waals surface area contributed by atoms with Crippen LogP contribution in [0.5, 0.6) is 0 Å². The zero-order chi connectivity index (χ0) is 20.4. The highest BCUT2D eigenvalue weighted by molar-refractivity contribution is 5.92. The summed E-state index contributed by atoms with van der Waals surface area (Å²) in [4.78, 5) is 26.9. The van der Waals surface area contributed by atoms with Gasteiger partial charge in [-0.05, 0) is 44.1 Å². The molecule has 1 unspecified atom stereocenters. The Bertz CT molecular complexity index is 852. The molecule has 1 saturated heterocycles. The van der Waals surface area contributed by atoms with Crippen LogP contribution in [0.25, 0.3) is 0 Å². The fourth-order valence-electron chi connectivity index (χ4n) is 4.05. The van der Waals surface area contributed by atoms with Gasteiger partial charge in [-0.3, -0.25) is 9.59 Å². The molecule has 1 aliphatic heterocycles. The second-order valence-electron chi connectivity index (χ2n) is 8.20. The van der Waals surface area contributed by atoms with Crippen molar-refractivity contribution in [1.29, 1.82) is 0 Å². The number of rotatable bonds is 6. The highest BCUT2D eigenvalue weighted by atomic mass is 16.5. The summed E-state index contributed by atoms with van der Waals surface area (Å²) < 4.78 is 5.34. The van der Waals surface area contributed by atoms with E-state index in [2.05, 4.69) is 10.5 Å². The summed E-state index contributed by atoms with van der Waals surface area (Å²) in [5, 5.41) is 7.14. The summed E-state index contributed by atoms with van der Waals surface area (Å²) in [5.74, 6) is 1.21. The lowest BCUT2D eigenvalue weighted by Crippen LogP contribution is -2.47. The molecule has 4 rings (SSSR count). The minimum atomic E-state index is -0.482. The molecular formula is C22H28N4O3. The van der Waals surface area contributed by atoms with Crippen molar-refractivity contribution < 1.29 is 14.1 Å². The molecule has 2 atom stereocenters. The molecule has 1 saturated carbocycles. The second kappa shape index (κ2) is 8.37. The minimum Gasteiger partial charge on any atom is -0.360 e. The number of carbonyl (C=O) groups is 2. The number of hydrogen-bond donors (Lipinski definition) is 2. The van der Waals surface area contributed by atoms with Gasteiger partial charge in [0.05, 0.1) is 12.1 Å². The first-order valence-corrected chi connectivity index (χ1v) is 10.4. The van der Waals surface area contributed by atoms with Gasteiger partial charge in [0.15, 0.2) is 5.69 Å². The van der Waals surface area contributed by atoms with Crippen LogP contribution in [0, 0.1) is 5.92 Å². The van der Waals surface area contributed by atoms with Crippen LogP contribution in [-0.4, -0.2) is 41.0 Å². The Balaban J connectivity index is 1.47. The first-order chi connectivity index (χ1) is 14.0. The average molecular weight is 396 g/mol. The summed E-state index contributed by atoms with van der Waals surface area (Å²) >= 11 is 0. The lowest BCUT2D eigenvalue weighted by molar-refractivity contribution is -0.133. The van der Waals surface area contributed by atoms with Gasteiger partial charge >= 0.3 is 0 Å². The molecular weight excluding hydrogens is 368 g/mol. The molecule has 29 heavy (non-hydrogen) atoms. The average Bonchev–Trinajstić information content (AvgIpc) is 3.48. The molecule has 2 aromatic rings. The van der Waals surface area contributed by atoms with Gasteiger partial charge in [-0.2, -0.15) is 0 Å². The molecule has 7 nitrogen and oxygen atoms in total. The second-order valence-corrected chi connectivity index (χ2v) is 8.20. The van der Waals surface area contributed by atoms with Crippen molar-refractivity contribution in [3.05, 3.63) is 53.4 Å². The molecule has 1 aliphatic carbocycles. The number of carbonyl (C=O) groups excluding carboxylic acids is 2. The van der Waals surface area contributed by atoms with Crippen molar-refractivity contribution in [3.8, 4) is 0 Å². The Hall–Kier alpha value is -2.67. The summed E-state index contributed by atoms with van der Waals surface area (Å²) in [7, 11) is 0. The zero-order valence-electron chi connectivity index (χ0n) is 16.7. The highest BCUT2D eigenvalue weighted by Gasteiger charge is 2.33. The highest BCUT2D eigenvalue weighted by Crippen LogP contribution is 2.40. The monoisotopic (exact) mass is 396 g/mol. The molecule has 0 spiro atoms. The molecule has 154 valence electrons. The molecule has 3 N–H and O–H groups in total. The van der Waals surface area contributed by atoms with Crippen LogP contribution < -0.4 is 11.1 Å². The fraction of sp³-hybridized carbons (Fsp3) is 0.500. The smallest absolute Gasteiger partial charge is 0.273 e. The predicted octanol–water partition coefficient (Wildman–Crippen LogP) is 2.61. The van der Waals surface area contributed by atoms with E-state index >= 15 is 0 Å². The van der Waals surface area contributed by atoms with Crippen molar-refractivity contribution in [2.24, 2.45) is 11.7 Å². The van der Waals surface area contributed by atoms with Gasteiger partial charge < -0.3 is 20.5 Å². The van der Waals surface area contributed by atoms with E-state index in [1.165, 1.54) is 0 Å². The van der Waals surface area contributed by atoms with E-state index in [1.54, 1.807) is 13.0 Å². The van der Waals surface area contributed by atoms with Gasteiger partial charge in [0.25, 0.3) is 5.91 Å². The van der Waals surface area contributed by atoms with Crippen LogP contribution in [0.2, 0.25) is 0 Å². The fourth-order valence-corrected chi connectivity index (χ4v) is 4.05. The molecule has 2 amide bonds. The van der Waals surface area contributed by atoms with Crippen LogP contribution in [0.4, 0.5) is 0 Å². The largest absolute Gasteiger partial charge is 0.360 e. The number of likely N-dealkylation sites (tertiary alicyclic amines) is 1. The van der Waals surface area contributed by atoms with E-state index < -0.39 is 6.04 Å². The van der Waals surface area contributed by atoms with Crippen molar-refractivity contribution in [2.75, 3.05) is 13.1 Å². The maximum Gasteiger partial charge on any atom is 0.273 e. The molecule has 7 heteroatoms. The van der Waals surface area contributed by atoms with Gasteiger partial charge in [-0.25, -0.2) is 0 Å². The molecule has 2 heterocycles. The molecule has 2 fully saturated rings. The van der Waals surface area contributed by atoms with Gasteiger partial charge in [0.2, 0.25) is 5.91 Å². The summed E-state index contributed by atoms with van der Waals surface area (Å²) in [6.07, 6.45) is 3.82. The maximum atomic E-state index is 12.9.